The van der Waals surface area contributed by atoms with E-state index in [1.807, 2.05) is 50.2 Å². The molecule has 5 rings (SSSR count). The van der Waals surface area contributed by atoms with Crippen LogP contribution in [-0.4, -0.2) is 51.4 Å². The molecule has 192 valence electrons. The van der Waals surface area contributed by atoms with Gasteiger partial charge in [-0.2, -0.15) is 4.31 Å². The summed E-state index contributed by atoms with van der Waals surface area (Å²) < 4.78 is 36.1. The van der Waals surface area contributed by atoms with Crippen LogP contribution in [0.15, 0.2) is 65.6 Å². The molecule has 0 spiro atoms. The molecule has 0 amide bonds. The molecule has 3 aromatic carbocycles. The Balaban J connectivity index is 1.53. The molecule has 37 heavy (non-hydrogen) atoms. The van der Waals surface area contributed by atoms with E-state index in [0.717, 1.165) is 27.8 Å². The number of nitrogens with zero attached hydrogens (tertiary/aromatic N) is 4. The minimum atomic E-state index is -3.80. The van der Waals surface area contributed by atoms with Crippen LogP contribution in [0.1, 0.15) is 41.5 Å². The van der Waals surface area contributed by atoms with Gasteiger partial charge in [-0.05, 0) is 60.4 Å². The Morgan fingerprint density at radius 3 is 2.65 bits per heavy atom. The average molecular weight is 521 g/mol. The molecule has 1 aliphatic rings. The smallest absolute Gasteiger partial charge is 0.304 e. The third-order valence-corrected chi connectivity index (χ3v) is 8.65. The maximum absolute atomic E-state index is 13.6. The molecule has 0 aliphatic carbocycles. The first kappa shape index (κ1) is 24.9. The molecule has 0 saturated carbocycles. The van der Waals surface area contributed by atoms with Crippen LogP contribution in [0.2, 0.25) is 0 Å². The van der Waals surface area contributed by atoms with Gasteiger partial charge in [-0.3, -0.25) is 4.79 Å². The zero-order valence-corrected chi connectivity index (χ0v) is 21.6. The van der Waals surface area contributed by atoms with E-state index in [2.05, 4.69) is 10.3 Å². The van der Waals surface area contributed by atoms with Gasteiger partial charge in [0.05, 0.1) is 18.5 Å². The van der Waals surface area contributed by atoms with Crippen LogP contribution < -0.4 is 4.74 Å². The minimum Gasteiger partial charge on any atom is -0.488 e. The molecule has 0 saturated heterocycles. The Labute approximate surface area is 215 Å². The molecule has 1 N–H and O–H groups in total. The predicted molar refractivity (Wildman–Crippen MR) is 138 cm³/mol. The monoisotopic (exact) mass is 520 g/mol. The van der Waals surface area contributed by atoms with Gasteiger partial charge in [0.15, 0.2) is 0 Å². The molecule has 1 aromatic heterocycles. The van der Waals surface area contributed by atoms with Crippen LogP contribution in [-0.2, 0) is 28.4 Å². The fourth-order valence-corrected chi connectivity index (χ4v) is 6.45. The van der Waals surface area contributed by atoms with Crippen molar-refractivity contribution >= 4 is 27.0 Å². The first-order valence-corrected chi connectivity index (χ1v) is 13.4. The summed E-state index contributed by atoms with van der Waals surface area (Å²) in [6, 6.07) is 18.1. The molecular formula is C27H28N4O5S. The summed E-state index contributed by atoms with van der Waals surface area (Å²) in [5, 5.41) is 17.9. The highest BCUT2D eigenvalue weighted by molar-refractivity contribution is 7.89. The summed E-state index contributed by atoms with van der Waals surface area (Å²) in [6.45, 7) is 4.12. The summed E-state index contributed by atoms with van der Waals surface area (Å²) in [5.41, 5.74) is 4.87. The highest BCUT2D eigenvalue weighted by Crippen LogP contribution is 2.34. The summed E-state index contributed by atoms with van der Waals surface area (Å²) in [5.74, 6) is -1.01. The van der Waals surface area contributed by atoms with Crippen molar-refractivity contribution in [1.82, 2.24) is 19.3 Å². The van der Waals surface area contributed by atoms with Crippen LogP contribution in [0, 0.1) is 6.92 Å². The van der Waals surface area contributed by atoms with Gasteiger partial charge >= 0.3 is 5.97 Å². The van der Waals surface area contributed by atoms with Gasteiger partial charge in [-0.1, -0.05) is 41.6 Å². The SMILES string of the molecule is Cc1ccc(C(CC(=O)O)c2ccc3c(c2)nnn3C)cc1CN1C[C@@H](C)Oc2ccccc2S1(=O)=O. The summed E-state index contributed by atoms with van der Waals surface area (Å²) in [4.78, 5) is 12.0. The molecule has 9 nitrogen and oxygen atoms in total. The molecule has 1 aliphatic heterocycles. The third kappa shape index (κ3) is 4.82. The highest BCUT2D eigenvalue weighted by Gasteiger charge is 2.33. The Morgan fingerprint density at radius 1 is 1.14 bits per heavy atom. The zero-order valence-electron chi connectivity index (χ0n) is 20.8. The van der Waals surface area contributed by atoms with Crippen molar-refractivity contribution in [2.24, 2.45) is 7.05 Å². The Hall–Kier alpha value is -3.76. The number of hydrogen-bond acceptors (Lipinski definition) is 6. The van der Waals surface area contributed by atoms with Crippen molar-refractivity contribution in [1.29, 1.82) is 0 Å². The molecule has 2 atom stereocenters. The van der Waals surface area contributed by atoms with E-state index in [1.54, 1.807) is 36.0 Å². The van der Waals surface area contributed by atoms with Gasteiger partial charge in [0.25, 0.3) is 0 Å². The van der Waals surface area contributed by atoms with E-state index in [0.29, 0.717) is 11.3 Å². The standard InChI is InChI=1S/C27H28N4O5S/c1-17-8-9-19(22(14-27(32)33)20-10-11-24-23(13-20)28-29-30(24)3)12-21(17)16-31-15-18(2)36-25-6-4-5-7-26(25)37(31,34)35/h4-13,18,22H,14-16H2,1-3H3,(H,32,33)/t18-,22?/m1/s1. The van der Waals surface area contributed by atoms with Gasteiger partial charge in [0, 0.05) is 19.5 Å². The van der Waals surface area contributed by atoms with Crippen LogP contribution in [0.4, 0.5) is 0 Å². The number of ether oxygens (including phenoxy) is 1. The zero-order chi connectivity index (χ0) is 26.3. The van der Waals surface area contributed by atoms with Crippen LogP contribution >= 0.6 is 0 Å². The number of carbonyl (C=O) groups is 1. The molecule has 2 heterocycles. The molecule has 1 unspecified atom stereocenters. The van der Waals surface area contributed by atoms with Crippen LogP contribution in [0.3, 0.4) is 0 Å². The van der Waals surface area contributed by atoms with Gasteiger partial charge in [-0.25, -0.2) is 13.1 Å². The van der Waals surface area contributed by atoms with Crippen molar-refractivity contribution in [3.8, 4) is 5.75 Å². The number of rotatable bonds is 6. The molecule has 0 fully saturated rings. The number of hydrogen-bond donors (Lipinski definition) is 1. The summed E-state index contributed by atoms with van der Waals surface area (Å²) >= 11 is 0. The van der Waals surface area contributed by atoms with E-state index in [9.17, 15) is 18.3 Å². The number of carboxylic acid groups (broad SMARTS) is 1. The summed E-state index contributed by atoms with van der Waals surface area (Å²) in [7, 11) is -1.99. The minimum absolute atomic E-state index is 0.117. The van der Waals surface area contributed by atoms with Gasteiger partial charge < -0.3 is 9.84 Å². The van der Waals surface area contributed by atoms with E-state index >= 15 is 0 Å². The first-order chi connectivity index (χ1) is 17.6. The van der Waals surface area contributed by atoms with Gasteiger partial charge in [0.1, 0.15) is 22.3 Å². The van der Waals surface area contributed by atoms with Gasteiger partial charge in [0.2, 0.25) is 10.0 Å². The number of para-hydroxylation sites is 1. The number of benzene rings is 3. The average Bonchev–Trinajstić information content (AvgIpc) is 3.19. The predicted octanol–water partition coefficient (Wildman–Crippen LogP) is 3.86. The molecular weight excluding hydrogens is 492 g/mol. The number of fused-ring (bicyclic) bond motifs is 2. The fourth-order valence-electron chi connectivity index (χ4n) is 4.83. The van der Waals surface area contributed by atoms with Crippen molar-refractivity contribution in [2.45, 2.75) is 43.7 Å². The van der Waals surface area contributed by atoms with Crippen LogP contribution in [0.5, 0.6) is 5.75 Å². The lowest BCUT2D eigenvalue weighted by Crippen LogP contribution is -2.35. The number of sulfonamides is 1. The Kier molecular flexibility index (Phi) is 6.47. The van der Waals surface area contributed by atoms with Crippen molar-refractivity contribution in [2.75, 3.05) is 6.54 Å². The topological polar surface area (TPSA) is 115 Å². The maximum atomic E-state index is 13.6. The molecule has 0 bridgehead atoms. The lowest BCUT2D eigenvalue weighted by Gasteiger charge is -2.24. The lowest BCUT2D eigenvalue weighted by atomic mass is 9.86. The summed E-state index contributed by atoms with van der Waals surface area (Å²) in [6.07, 6.45) is -0.450. The van der Waals surface area contributed by atoms with Gasteiger partial charge in [-0.15, -0.1) is 5.10 Å². The number of aryl methyl sites for hydroxylation is 2. The van der Waals surface area contributed by atoms with Crippen molar-refractivity contribution in [3.05, 3.63) is 82.9 Å². The Bertz CT molecular complexity index is 1600. The fraction of sp³-hybridized carbons (Fsp3) is 0.296. The molecule has 10 heteroatoms. The lowest BCUT2D eigenvalue weighted by molar-refractivity contribution is -0.137. The van der Waals surface area contributed by atoms with Crippen LogP contribution in [0.25, 0.3) is 11.0 Å². The highest BCUT2D eigenvalue weighted by atomic mass is 32.2. The largest absolute Gasteiger partial charge is 0.488 e. The molecule has 4 aromatic rings. The second-order valence-electron chi connectivity index (χ2n) is 9.47. The third-order valence-electron chi connectivity index (χ3n) is 6.79. The second-order valence-corrected chi connectivity index (χ2v) is 11.4. The number of carboxylic acids is 1. The molecule has 0 radical (unpaired) electrons. The first-order valence-electron chi connectivity index (χ1n) is 12.0. The van der Waals surface area contributed by atoms with E-state index in [-0.39, 0.29) is 30.5 Å². The van der Waals surface area contributed by atoms with Crippen molar-refractivity contribution < 1.29 is 23.1 Å². The van der Waals surface area contributed by atoms with E-state index in [4.69, 9.17) is 4.74 Å². The Morgan fingerprint density at radius 2 is 1.86 bits per heavy atom. The second kappa shape index (κ2) is 9.60. The quantitative estimate of drug-likeness (QED) is 0.411. The number of aromatic nitrogens is 3. The van der Waals surface area contributed by atoms with E-state index in [1.165, 1.54) is 4.31 Å². The maximum Gasteiger partial charge on any atom is 0.304 e. The number of aliphatic carboxylic acids is 1. The normalized spacial score (nSPS) is 18.1. The van der Waals surface area contributed by atoms with E-state index < -0.39 is 21.9 Å². The van der Waals surface area contributed by atoms with Crippen molar-refractivity contribution in [3.63, 3.8) is 0 Å².